The highest BCUT2D eigenvalue weighted by Crippen LogP contribution is 2.26. The summed E-state index contributed by atoms with van der Waals surface area (Å²) in [6.45, 7) is 0. The minimum atomic E-state index is 0.132. The second-order valence-corrected chi connectivity index (χ2v) is 7.94. The molecule has 0 amide bonds. The summed E-state index contributed by atoms with van der Waals surface area (Å²) in [5.74, 6) is 2.06. The van der Waals surface area contributed by atoms with Gasteiger partial charge in [-0.1, -0.05) is 23.9 Å². The van der Waals surface area contributed by atoms with Crippen LogP contribution in [0.2, 0.25) is 0 Å². The van der Waals surface area contributed by atoms with E-state index in [0.29, 0.717) is 5.75 Å². The standard InChI is InChI=1S/C22H23N3O2S/c1-25-21(16-9-11-19(27-2)12-10-16)23-24-22(25)28-14-20(26)18-8-7-15-5-3-4-6-17(15)13-18/h7-13H,3-6,14H2,1-2H3. The number of aromatic nitrogens is 3. The van der Waals surface area contributed by atoms with Crippen LogP contribution in [0.4, 0.5) is 0 Å². The molecule has 5 nitrogen and oxygen atoms in total. The Morgan fingerprint density at radius 2 is 1.82 bits per heavy atom. The van der Waals surface area contributed by atoms with Gasteiger partial charge in [0, 0.05) is 18.2 Å². The van der Waals surface area contributed by atoms with Gasteiger partial charge in [-0.3, -0.25) is 4.79 Å². The molecule has 0 aliphatic heterocycles. The van der Waals surface area contributed by atoms with Crippen LogP contribution in [0.3, 0.4) is 0 Å². The first-order valence-electron chi connectivity index (χ1n) is 9.47. The lowest BCUT2D eigenvalue weighted by molar-refractivity contribution is 0.102. The zero-order chi connectivity index (χ0) is 19.5. The van der Waals surface area contributed by atoms with E-state index < -0.39 is 0 Å². The molecule has 0 atom stereocenters. The molecule has 2 aromatic carbocycles. The summed E-state index contributed by atoms with van der Waals surface area (Å²) in [5, 5.41) is 9.29. The fourth-order valence-corrected chi connectivity index (χ4v) is 4.36. The topological polar surface area (TPSA) is 57.0 Å². The molecule has 6 heteroatoms. The maximum absolute atomic E-state index is 12.7. The van der Waals surface area contributed by atoms with Crippen molar-refractivity contribution in [3.63, 3.8) is 0 Å². The summed E-state index contributed by atoms with van der Waals surface area (Å²) >= 11 is 1.43. The Bertz CT molecular complexity index is 996. The van der Waals surface area contributed by atoms with Gasteiger partial charge in [-0.2, -0.15) is 0 Å². The molecule has 0 unspecified atom stereocenters. The van der Waals surface area contributed by atoms with Crippen molar-refractivity contribution in [2.24, 2.45) is 7.05 Å². The number of methoxy groups -OCH3 is 1. The normalized spacial score (nSPS) is 13.2. The predicted octanol–water partition coefficient (Wildman–Crippen LogP) is 4.34. The monoisotopic (exact) mass is 393 g/mol. The average molecular weight is 394 g/mol. The van der Waals surface area contributed by atoms with Crippen LogP contribution in [0.1, 0.15) is 34.3 Å². The molecule has 4 rings (SSSR count). The van der Waals surface area contributed by atoms with E-state index in [1.54, 1.807) is 7.11 Å². The van der Waals surface area contributed by atoms with Gasteiger partial charge in [0.1, 0.15) is 5.75 Å². The number of hydrogen-bond donors (Lipinski definition) is 0. The molecule has 0 N–H and O–H groups in total. The number of benzene rings is 2. The van der Waals surface area contributed by atoms with E-state index in [-0.39, 0.29) is 5.78 Å². The third-order valence-electron chi connectivity index (χ3n) is 5.19. The number of aryl methyl sites for hydroxylation is 2. The van der Waals surface area contributed by atoms with Crippen molar-refractivity contribution in [3.8, 4) is 17.1 Å². The Morgan fingerprint density at radius 1 is 1.07 bits per heavy atom. The number of ketones is 1. The van der Waals surface area contributed by atoms with Crippen molar-refractivity contribution in [3.05, 3.63) is 59.2 Å². The van der Waals surface area contributed by atoms with Crippen LogP contribution in [-0.2, 0) is 19.9 Å². The number of fused-ring (bicyclic) bond motifs is 1. The van der Waals surface area contributed by atoms with Crippen molar-refractivity contribution in [1.82, 2.24) is 14.8 Å². The van der Waals surface area contributed by atoms with Crippen LogP contribution in [0, 0.1) is 0 Å². The fourth-order valence-electron chi connectivity index (χ4n) is 3.55. The van der Waals surface area contributed by atoms with Crippen LogP contribution in [0.25, 0.3) is 11.4 Å². The molecule has 1 heterocycles. The molecule has 3 aromatic rings. The number of rotatable bonds is 6. The lowest BCUT2D eigenvalue weighted by Gasteiger charge is -2.16. The number of carbonyl (C=O) groups is 1. The molecule has 0 radical (unpaired) electrons. The quantitative estimate of drug-likeness (QED) is 0.460. The highest BCUT2D eigenvalue weighted by molar-refractivity contribution is 7.99. The van der Waals surface area contributed by atoms with E-state index >= 15 is 0 Å². The fraction of sp³-hybridized carbons (Fsp3) is 0.318. The molecular weight excluding hydrogens is 370 g/mol. The summed E-state index contributed by atoms with van der Waals surface area (Å²) < 4.78 is 7.12. The molecular formula is C22H23N3O2S. The highest BCUT2D eigenvalue weighted by atomic mass is 32.2. The molecule has 1 aliphatic rings. The first-order chi connectivity index (χ1) is 13.7. The van der Waals surface area contributed by atoms with E-state index in [2.05, 4.69) is 22.3 Å². The smallest absolute Gasteiger partial charge is 0.191 e. The van der Waals surface area contributed by atoms with Crippen LogP contribution >= 0.6 is 11.8 Å². The van der Waals surface area contributed by atoms with E-state index in [9.17, 15) is 4.79 Å². The SMILES string of the molecule is COc1ccc(-c2nnc(SCC(=O)c3ccc4c(c3)CCCC4)n2C)cc1. The van der Waals surface area contributed by atoms with Crippen LogP contribution in [-0.4, -0.2) is 33.4 Å². The molecule has 0 bridgehead atoms. The maximum Gasteiger partial charge on any atom is 0.191 e. The summed E-state index contributed by atoms with van der Waals surface area (Å²) in [6.07, 6.45) is 4.68. The van der Waals surface area contributed by atoms with Crippen molar-refractivity contribution < 1.29 is 9.53 Å². The largest absolute Gasteiger partial charge is 0.497 e. The zero-order valence-electron chi connectivity index (χ0n) is 16.1. The maximum atomic E-state index is 12.7. The van der Waals surface area contributed by atoms with Crippen molar-refractivity contribution >= 4 is 17.5 Å². The molecule has 0 saturated carbocycles. The predicted molar refractivity (Wildman–Crippen MR) is 111 cm³/mol. The van der Waals surface area contributed by atoms with E-state index in [0.717, 1.165) is 40.7 Å². The Kier molecular flexibility index (Phi) is 5.48. The lowest BCUT2D eigenvalue weighted by atomic mass is 9.90. The van der Waals surface area contributed by atoms with Gasteiger partial charge >= 0.3 is 0 Å². The van der Waals surface area contributed by atoms with Gasteiger partial charge in [0.15, 0.2) is 16.8 Å². The summed E-state index contributed by atoms with van der Waals surface area (Å²) in [6, 6.07) is 13.9. The van der Waals surface area contributed by atoms with Crippen LogP contribution in [0.5, 0.6) is 5.75 Å². The number of carbonyl (C=O) groups excluding carboxylic acids is 1. The number of ether oxygens (including phenoxy) is 1. The van der Waals surface area contributed by atoms with E-state index in [1.165, 1.54) is 35.7 Å². The summed E-state index contributed by atoms with van der Waals surface area (Å²) in [4.78, 5) is 12.7. The van der Waals surface area contributed by atoms with Gasteiger partial charge in [-0.15, -0.1) is 10.2 Å². The second-order valence-electron chi connectivity index (χ2n) is 7.00. The molecule has 0 spiro atoms. The van der Waals surface area contributed by atoms with Crippen molar-refractivity contribution in [2.45, 2.75) is 30.8 Å². The molecule has 0 saturated heterocycles. The molecule has 1 aliphatic carbocycles. The van der Waals surface area contributed by atoms with Crippen molar-refractivity contribution in [1.29, 1.82) is 0 Å². The van der Waals surface area contributed by atoms with Crippen LogP contribution in [0.15, 0.2) is 47.6 Å². The summed E-state index contributed by atoms with van der Waals surface area (Å²) in [7, 11) is 3.57. The van der Waals surface area contributed by atoms with Crippen molar-refractivity contribution in [2.75, 3.05) is 12.9 Å². The first kappa shape index (κ1) is 18.7. The van der Waals surface area contributed by atoms with E-state index in [4.69, 9.17) is 4.74 Å². The minimum absolute atomic E-state index is 0.132. The number of hydrogen-bond acceptors (Lipinski definition) is 5. The van der Waals surface area contributed by atoms with Gasteiger partial charge in [-0.25, -0.2) is 0 Å². The van der Waals surface area contributed by atoms with Gasteiger partial charge in [0.25, 0.3) is 0 Å². The number of thioether (sulfide) groups is 1. The Balaban J connectivity index is 1.45. The van der Waals surface area contributed by atoms with E-state index in [1.807, 2.05) is 41.9 Å². The lowest BCUT2D eigenvalue weighted by Crippen LogP contribution is -2.08. The van der Waals surface area contributed by atoms with Gasteiger partial charge in [0.2, 0.25) is 0 Å². The molecule has 1 aromatic heterocycles. The second kappa shape index (κ2) is 8.19. The van der Waals surface area contributed by atoms with Gasteiger partial charge < -0.3 is 9.30 Å². The molecule has 0 fully saturated rings. The summed E-state index contributed by atoms with van der Waals surface area (Å²) in [5.41, 5.74) is 4.49. The zero-order valence-corrected chi connectivity index (χ0v) is 17.0. The highest BCUT2D eigenvalue weighted by Gasteiger charge is 2.16. The number of Topliss-reactive ketones (excluding diaryl/α,β-unsaturated/α-hetero) is 1. The Hall–Kier alpha value is -2.60. The van der Waals surface area contributed by atoms with Crippen LogP contribution < -0.4 is 4.74 Å². The van der Waals surface area contributed by atoms with Gasteiger partial charge in [-0.05, 0) is 67.1 Å². The number of nitrogens with zero attached hydrogens (tertiary/aromatic N) is 3. The Labute approximate surface area is 169 Å². The minimum Gasteiger partial charge on any atom is -0.497 e. The third-order valence-corrected chi connectivity index (χ3v) is 6.21. The third kappa shape index (κ3) is 3.83. The average Bonchev–Trinajstić information content (AvgIpc) is 3.12. The Morgan fingerprint density at radius 3 is 2.57 bits per heavy atom. The van der Waals surface area contributed by atoms with Gasteiger partial charge in [0.05, 0.1) is 12.9 Å². The first-order valence-corrected chi connectivity index (χ1v) is 10.5. The molecule has 28 heavy (non-hydrogen) atoms. The molecule has 144 valence electrons.